The molecular formula is C21H17ClN2O4. The van der Waals surface area contributed by atoms with Crippen LogP contribution in [0.25, 0.3) is 17.4 Å². The molecule has 0 radical (unpaired) electrons. The molecule has 0 saturated heterocycles. The van der Waals surface area contributed by atoms with Gasteiger partial charge in [-0.3, -0.25) is 14.8 Å². The molecule has 2 amide bonds. The van der Waals surface area contributed by atoms with Gasteiger partial charge in [-0.1, -0.05) is 29.8 Å². The van der Waals surface area contributed by atoms with Crippen molar-refractivity contribution in [3.63, 3.8) is 0 Å². The molecule has 6 nitrogen and oxygen atoms in total. The van der Waals surface area contributed by atoms with Gasteiger partial charge in [0.1, 0.15) is 11.5 Å². The maximum absolute atomic E-state index is 12.7. The lowest BCUT2D eigenvalue weighted by Gasteiger charge is -2.07. The first-order valence-corrected chi connectivity index (χ1v) is 8.74. The summed E-state index contributed by atoms with van der Waals surface area (Å²) in [5, 5.41) is 12.0. The largest absolute Gasteiger partial charge is 0.461 e. The maximum Gasteiger partial charge on any atom is 0.267 e. The molecule has 28 heavy (non-hydrogen) atoms. The van der Waals surface area contributed by atoms with Crippen molar-refractivity contribution >= 4 is 35.2 Å². The molecule has 0 aliphatic rings. The molecule has 0 atom stereocenters. The molecule has 1 heterocycles. The quantitative estimate of drug-likeness (QED) is 0.332. The van der Waals surface area contributed by atoms with E-state index in [1.165, 1.54) is 11.6 Å². The van der Waals surface area contributed by atoms with Crippen molar-refractivity contribution in [1.82, 2.24) is 5.48 Å². The van der Waals surface area contributed by atoms with Crippen molar-refractivity contribution < 1.29 is 19.2 Å². The van der Waals surface area contributed by atoms with Crippen LogP contribution in [-0.4, -0.2) is 17.0 Å². The van der Waals surface area contributed by atoms with Crippen LogP contribution in [0.5, 0.6) is 0 Å². The zero-order valence-corrected chi connectivity index (χ0v) is 15.7. The summed E-state index contributed by atoms with van der Waals surface area (Å²) in [6, 6.07) is 15.8. The van der Waals surface area contributed by atoms with Gasteiger partial charge in [0, 0.05) is 22.3 Å². The minimum atomic E-state index is -0.667. The molecule has 0 spiro atoms. The van der Waals surface area contributed by atoms with Crippen LogP contribution in [0, 0.1) is 6.92 Å². The number of anilines is 1. The molecule has 3 rings (SSSR count). The Labute approximate surface area is 166 Å². The van der Waals surface area contributed by atoms with E-state index in [1.54, 1.807) is 49.4 Å². The van der Waals surface area contributed by atoms with Crippen molar-refractivity contribution in [3.05, 3.63) is 82.6 Å². The molecule has 0 unspecified atom stereocenters. The molecule has 7 heteroatoms. The van der Waals surface area contributed by atoms with Crippen molar-refractivity contribution in [3.8, 4) is 11.3 Å². The third-order valence-electron chi connectivity index (χ3n) is 4.02. The Morgan fingerprint density at radius 3 is 2.54 bits per heavy atom. The summed E-state index contributed by atoms with van der Waals surface area (Å²) in [6.45, 7) is 1.71. The Balaban J connectivity index is 1.83. The molecule has 0 saturated carbocycles. The van der Waals surface area contributed by atoms with Gasteiger partial charge in [-0.2, -0.15) is 0 Å². The number of halogens is 1. The van der Waals surface area contributed by atoms with Crippen LogP contribution in [0.2, 0.25) is 5.02 Å². The van der Waals surface area contributed by atoms with Crippen LogP contribution in [0.3, 0.4) is 0 Å². The predicted octanol–water partition coefficient (Wildman–Crippen LogP) is 4.68. The number of benzene rings is 2. The molecule has 0 aliphatic carbocycles. The predicted molar refractivity (Wildman–Crippen MR) is 107 cm³/mol. The highest BCUT2D eigenvalue weighted by atomic mass is 35.5. The fraction of sp³-hybridized carbons (Fsp3) is 0.0476. The summed E-state index contributed by atoms with van der Waals surface area (Å²) in [7, 11) is 0. The summed E-state index contributed by atoms with van der Waals surface area (Å²) in [6.07, 6.45) is 2.65. The van der Waals surface area contributed by atoms with E-state index in [0.717, 1.165) is 11.6 Å². The van der Waals surface area contributed by atoms with E-state index in [4.69, 9.17) is 21.2 Å². The number of hydrogen-bond donors (Lipinski definition) is 3. The number of rotatable bonds is 5. The summed E-state index contributed by atoms with van der Waals surface area (Å²) >= 11 is 5.91. The molecule has 3 N–H and O–H groups in total. The second-order valence-corrected chi connectivity index (χ2v) is 6.37. The molecule has 1 aromatic heterocycles. The second kappa shape index (κ2) is 8.56. The lowest BCUT2D eigenvalue weighted by atomic mass is 10.1. The van der Waals surface area contributed by atoms with Crippen LogP contribution in [0.15, 0.2) is 65.1 Å². The zero-order valence-electron chi connectivity index (χ0n) is 14.9. The van der Waals surface area contributed by atoms with Crippen LogP contribution >= 0.6 is 11.6 Å². The van der Waals surface area contributed by atoms with Gasteiger partial charge in [0.25, 0.3) is 11.8 Å². The van der Waals surface area contributed by atoms with Crippen LogP contribution < -0.4 is 10.8 Å². The van der Waals surface area contributed by atoms with Gasteiger partial charge in [-0.15, -0.1) is 0 Å². The van der Waals surface area contributed by atoms with E-state index < -0.39 is 5.91 Å². The van der Waals surface area contributed by atoms with E-state index in [2.05, 4.69) is 5.32 Å². The molecular weight excluding hydrogens is 380 g/mol. The second-order valence-electron chi connectivity index (χ2n) is 5.94. The number of nitrogens with one attached hydrogen (secondary N) is 2. The van der Waals surface area contributed by atoms with Crippen molar-refractivity contribution in [2.75, 3.05) is 5.32 Å². The van der Waals surface area contributed by atoms with Gasteiger partial charge in [0.2, 0.25) is 0 Å². The number of carbonyl (C=O) groups excluding carboxylic acids is 2. The number of para-hydroxylation sites is 1. The summed E-state index contributed by atoms with van der Waals surface area (Å²) in [5.74, 6) is 0.0376. The molecule has 0 aliphatic heterocycles. The number of amides is 2. The third-order valence-corrected chi connectivity index (χ3v) is 4.28. The van der Waals surface area contributed by atoms with Gasteiger partial charge >= 0.3 is 0 Å². The Hall–Kier alpha value is -3.35. The first-order chi connectivity index (χ1) is 13.5. The normalized spacial score (nSPS) is 10.8. The lowest BCUT2D eigenvalue weighted by Crippen LogP contribution is -2.15. The van der Waals surface area contributed by atoms with Crippen LogP contribution in [-0.2, 0) is 4.79 Å². The maximum atomic E-state index is 12.7. The van der Waals surface area contributed by atoms with Crippen molar-refractivity contribution in [2.45, 2.75) is 6.92 Å². The minimum Gasteiger partial charge on any atom is -0.461 e. The fourth-order valence-electron chi connectivity index (χ4n) is 2.61. The summed E-state index contributed by atoms with van der Waals surface area (Å²) in [4.78, 5) is 23.9. The molecule has 0 bridgehead atoms. The van der Waals surface area contributed by atoms with E-state index in [-0.39, 0.29) is 5.91 Å². The van der Waals surface area contributed by atoms with Gasteiger partial charge in [-0.25, -0.2) is 5.48 Å². The lowest BCUT2D eigenvalue weighted by molar-refractivity contribution is -0.124. The number of carbonyl (C=O) groups is 2. The minimum absolute atomic E-state index is 0.339. The summed E-state index contributed by atoms with van der Waals surface area (Å²) in [5.41, 5.74) is 3.85. The van der Waals surface area contributed by atoms with E-state index >= 15 is 0 Å². The van der Waals surface area contributed by atoms with Gasteiger partial charge < -0.3 is 9.73 Å². The monoisotopic (exact) mass is 396 g/mol. The van der Waals surface area contributed by atoms with Crippen molar-refractivity contribution in [2.24, 2.45) is 0 Å². The molecule has 0 fully saturated rings. The third kappa shape index (κ3) is 4.49. The highest BCUT2D eigenvalue weighted by Gasteiger charge is 2.17. The fourth-order valence-corrected chi connectivity index (χ4v) is 2.74. The van der Waals surface area contributed by atoms with E-state index in [0.29, 0.717) is 33.4 Å². The standard InChI is InChI=1S/C21H17ClN2O4/c1-13-17(12-19(28-13)15-6-9-16(22)10-7-15)21(26)23-18-5-3-2-4-14(18)8-11-20(25)24-27/h2-12,27H,1H3,(H,23,26)(H,24,25)/b11-8+. The Bertz CT molecular complexity index is 1040. The number of hydroxylamine groups is 1. The Kier molecular flexibility index (Phi) is 5.93. The van der Waals surface area contributed by atoms with E-state index in [1.807, 2.05) is 12.1 Å². The first kappa shape index (κ1) is 19.4. The molecule has 2 aromatic carbocycles. The zero-order chi connectivity index (χ0) is 20.1. The van der Waals surface area contributed by atoms with Crippen LogP contribution in [0.4, 0.5) is 5.69 Å². The highest BCUT2D eigenvalue weighted by Crippen LogP contribution is 2.27. The van der Waals surface area contributed by atoms with E-state index in [9.17, 15) is 9.59 Å². The molecule has 142 valence electrons. The SMILES string of the molecule is Cc1oc(-c2ccc(Cl)cc2)cc1C(=O)Nc1ccccc1/C=C/C(=O)NO. The average molecular weight is 397 g/mol. The van der Waals surface area contributed by atoms with Gasteiger partial charge in [0.15, 0.2) is 0 Å². The smallest absolute Gasteiger partial charge is 0.267 e. The highest BCUT2D eigenvalue weighted by molar-refractivity contribution is 6.30. The summed E-state index contributed by atoms with van der Waals surface area (Å²) < 4.78 is 5.72. The van der Waals surface area contributed by atoms with Crippen molar-refractivity contribution in [1.29, 1.82) is 0 Å². The van der Waals surface area contributed by atoms with Gasteiger partial charge in [0.05, 0.1) is 5.56 Å². The van der Waals surface area contributed by atoms with Gasteiger partial charge in [-0.05, 0) is 55.0 Å². The topological polar surface area (TPSA) is 91.6 Å². The Morgan fingerprint density at radius 1 is 1.11 bits per heavy atom. The first-order valence-electron chi connectivity index (χ1n) is 8.37. The molecule has 3 aromatic rings. The van der Waals surface area contributed by atoms with Crippen LogP contribution in [0.1, 0.15) is 21.7 Å². The number of aryl methyl sites for hydroxylation is 1. The Morgan fingerprint density at radius 2 is 1.82 bits per heavy atom. The number of hydrogen-bond acceptors (Lipinski definition) is 4. The average Bonchev–Trinajstić information content (AvgIpc) is 3.09. The number of furan rings is 1.